The van der Waals surface area contributed by atoms with Crippen LogP contribution in [-0.4, -0.2) is 55.7 Å². The maximum Gasteiger partial charge on any atom is 0.413 e. The predicted octanol–water partition coefficient (Wildman–Crippen LogP) is 2.24. The number of nitrogens with one attached hydrogen (secondary N) is 3. The normalized spacial score (nSPS) is 20.0. The van der Waals surface area contributed by atoms with Gasteiger partial charge in [0.2, 0.25) is 5.79 Å². The first kappa shape index (κ1) is 21.3. The van der Waals surface area contributed by atoms with Crippen molar-refractivity contribution in [3.05, 3.63) is 22.3 Å². The molecule has 0 saturated heterocycles. The van der Waals surface area contributed by atoms with Crippen LogP contribution in [0.5, 0.6) is 0 Å². The molecule has 25 heavy (non-hydrogen) atoms. The lowest BCUT2D eigenvalue weighted by atomic mass is 10.0. The van der Waals surface area contributed by atoms with Crippen molar-refractivity contribution in [2.75, 3.05) is 27.2 Å². The van der Waals surface area contributed by atoms with Crippen LogP contribution in [0.25, 0.3) is 0 Å². The van der Waals surface area contributed by atoms with Crippen LogP contribution in [-0.2, 0) is 9.47 Å². The fraction of sp³-hybridized carbons (Fsp3) is 0.625. The Morgan fingerprint density at radius 3 is 2.56 bits per heavy atom. The Balaban J connectivity index is 3.24. The Morgan fingerprint density at radius 1 is 1.40 bits per heavy atom. The zero-order valence-corrected chi connectivity index (χ0v) is 17.1. The Labute approximate surface area is 157 Å². The summed E-state index contributed by atoms with van der Waals surface area (Å²) in [7, 11) is 3.31. The molecule has 1 rings (SSSR count). The first-order valence-corrected chi connectivity index (χ1v) is 8.75. The summed E-state index contributed by atoms with van der Waals surface area (Å²) in [5, 5.41) is 8.86. The highest BCUT2D eigenvalue weighted by molar-refractivity contribution is 9.11. The average molecular weight is 419 g/mol. The van der Waals surface area contributed by atoms with E-state index in [-0.39, 0.29) is 6.61 Å². The van der Waals surface area contributed by atoms with Crippen LogP contribution in [0.15, 0.2) is 22.3 Å². The second-order valence-corrected chi connectivity index (χ2v) is 7.38. The predicted molar refractivity (Wildman–Crippen MR) is 99.0 cm³/mol. The monoisotopic (exact) mass is 418 g/mol. The highest BCUT2D eigenvalue weighted by atomic mass is 79.9. The van der Waals surface area contributed by atoms with Crippen LogP contribution in [0.2, 0.25) is 0 Å². The van der Waals surface area contributed by atoms with Crippen molar-refractivity contribution in [1.82, 2.24) is 20.9 Å². The second kappa shape index (κ2) is 8.57. The van der Waals surface area contributed by atoms with E-state index < -0.39 is 23.6 Å². The molecule has 9 heteroatoms. The van der Waals surface area contributed by atoms with Gasteiger partial charge < -0.3 is 20.1 Å². The molecule has 0 radical (unpaired) electrons. The van der Waals surface area contributed by atoms with Crippen LogP contribution in [0.3, 0.4) is 0 Å². The van der Waals surface area contributed by atoms with Gasteiger partial charge in [-0.1, -0.05) is 0 Å². The van der Waals surface area contributed by atoms with E-state index in [0.717, 1.165) is 4.48 Å². The molecule has 0 aromatic heterocycles. The molecule has 0 aliphatic carbocycles. The molecule has 0 aromatic rings. The number of alkyl carbamates (subject to hydrolysis) is 1. The van der Waals surface area contributed by atoms with Gasteiger partial charge in [0, 0.05) is 29.8 Å². The van der Waals surface area contributed by atoms with Gasteiger partial charge in [-0.2, -0.15) is 0 Å². The summed E-state index contributed by atoms with van der Waals surface area (Å²) < 4.78 is 11.2. The zero-order chi connectivity index (χ0) is 19.3. The number of rotatable bonds is 5. The molecule has 2 amide bonds. The lowest BCUT2D eigenvalue weighted by Gasteiger charge is -2.44. The van der Waals surface area contributed by atoms with Gasteiger partial charge in [-0.05, 0) is 56.7 Å². The summed E-state index contributed by atoms with van der Waals surface area (Å²) in [6, 6.07) is 0. The highest BCUT2D eigenvalue weighted by Gasteiger charge is 2.45. The van der Waals surface area contributed by atoms with Gasteiger partial charge in [0.25, 0.3) is 0 Å². The number of likely N-dealkylation sites (N-methyl/N-ethyl adjacent to an activating group) is 2. The van der Waals surface area contributed by atoms with E-state index in [2.05, 4.69) is 31.9 Å². The molecular weight excluding hydrogens is 392 g/mol. The van der Waals surface area contributed by atoms with Crippen molar-refractivity contribution in [3.8, 4) is 0 Å². The average Bonchev–Trinajstić information content (AvgIpc) is 2.48. The molecule has 0 bridgehead atoms. The van der Waals surface area contributed by atoms with Crippen molar-refractivity contribution in [2.45, 2.75) is 39.1 Å². The van der Waals surface area contributed by atoms with Crippen molar-refractivity contribution in [1.29, 1.82) is 0 Å². The Hall–Kier alpha value is -1.74. The zero-order valence-electron chi connectivity index (χ0n) is 15.5. The number of amides is 2. The summed E-state index contributed by atoms with van der Waals surface area (Å²) in [4.78, 5) is 26.0. The maximum absolute atomic E-state index is 12.4. The van der Waals surface area contributed by atoms with Gasteiger partial charge in [-0.15, -0.1) is 0 Å². The van der Waals surface area contributed by atoms with E-state index in [1.165, 1.54) is 4.90 Å². The van der Waals surface area contributed by atoms with Gasteiger partial charge in [-0.25, -0.2) is 9.59 Å². The Kier molecular flexibility index (Phi) is 7.30. The molecule has 1 unspecified atom stereocenters. The lowest BCUT2D eigenvalue weighted by molar-refractivity contribution is 0.0222. The van der Waals surface area contributed by atoms with Crippen LogP contribution in [0.1, 0.15) is 27.7 Å². The Bertz CT molecular complexity index is 571. The maximum atomic E-state index is 12.4. The molecular formula is C16H27BrN4O4. The second-order valence-electron chi connectivity index (χ2n) is 6.47. The fourth-order valence-corrected chi connectivity index (χ4v) is 2.66. The number of carbonyl (C=O) groups excluding carboxylic acids is 2. The van der Waals surface area contributed by atoms with Crippen LogP contribution in [0.4, 0.5) is 9.59 Å². The summed E-state index contributed by atoms with van der Waals surface area (Å²) in [6.07, 6.45) is 2.22. The molecule has 1 heterocycles. The number of allylic oxidation sites excluding steroid dienone is 2. The quantitative estimate of drug-likeness (QED) is 0.592. The van der Waals surface area contributed by atoms with Gasteiger partial charge >= 0.3 is 12.2 Å². The van der Waals surface area contributed by atoms with E-state index in [0.29, 0.717) is 12.1 Å². The molecule has 0 saturated carbocycles. The van der Waals surface area contributed by atoms with Crippen molar-refractivity contribution in [2.24, 2.45) is 0 Å². The first-order valence-electron chi connectivity index (χ1n) is 7.96. The summed E-state index contributed by atoms with van der Waals surface area (Å²) in [5.41, 5.74) is 0.0249. The van der Waals surface area contributed by atoms with E-state index in [9.17, 15) is 9.59 Å². The number of hydrogen-bond donors (Lipinski definition) is 3. The highest BCUT2D eigenvalue weighted by Crippen LogP contribution is 2.27. The molecule has 3 N–H and O–H groups in total. The van der Waals surface area contributed by atoms with Crippen LogP contribution in [0, 0.1) is 0 Å². The van der Waals surface area contributed by atoms with E-state index in [1.807, 2.05) is 6.08 Å². The molecule has 0 fully saturated rings. The minimum absolute atomic E-state index is 0.219. The fourth-order valence-electron chi connectivity index (χ4n) is 2.27. The third kappa shape index (κ3) is 5.64. The van der Waals surface area contributed by atoms with Gasteiger partial charge in [0.05, 0.1) is 6.61 Å². The van der Waals surface area contributed by atoms with Gasteiger partial charge in [0.15, 0.2) is 0 Å². The van der Waals surface area contributed by atoms with Gasteiger partial charge in [0.1, 0.15) is 5.60 Å². The number of nitrogens with zero attached hydrogens (tertiary/aromatic N) is 1. The molecule has 0 spiro atoms. The summed E-state index contributed by atoms with van der Waals surface area (Å²) in [5.74, 6) is -1.32. The third-order valence-electron chi connectivity index (χ3n) is 3.29. The van der Waals surface area contributed by atoms with Gasteiger partial charge in [-0.3, -0.25) is 10.2 Å². The van der Waals surface area contributed by atoms with E-state index >= 15 is 0 Å². The number of ether oxygens (including phenoxy) is 2. The molecule has 8 nitrogen and oxygen atoms in total. The van der Waals surface area contributed by atoms with Crippen LogP contribution >= 0.6 is 15.9 Å². The number of dihydropyridines is 1. The molecule has 1 aliphatic heterocycles. The van der Waals surface area contributed by atoms with E-state index in [4.69, 9.17) is 9.47 Å². The number of carbonyl (C=O) groups is 2. The topological polar surface area (TPSA) is 91.9 Å². The minimum Gasteiger partial charge on any atom is -0.450 e. The molecule has 1 aliphatic rings. The first-order chi connectivity index (χ1) is 11.6. The summed E-state index contributed by atoms with van der Waals surface area (Å²) >= 11 is 3.40. The summed E-state index contributed by atoms with van der Waals surface area (Å²) in [6.45, 7) is 7.65. The Morgan fingerprint density at radius 2 is 2.04 bits per heavy atom. The smallest absolute Gasteiger partial charge is 0.413 e. The number of hydrogen-bond acceptors (Lipinski definition) is 6. The lowest BCUT2D eigenvalue weighted by Crippen LogP contribution is -2.71. The van der Waals surface area contributed by atoms with Crippen molar-refractivity contribution >= 4 is 28.1 Å². The molecule has 1 atom stereocenters. The third-order valence-corrected chi connectivity index (χ3v) is 3.75. The number of halogens is 1. The standard InChI is InChI=1S/C16H27BrN4O4/c1-7-24-14(23)21(6)16(20-13(22)25-15(2,3)4)11(9-18-5)8-12(17)10-19-16/h8,10,18-19H,7,9H2,1-6H3,(H,20,22). The van der Waals surface area contributed by atoms with E-state index in [1.54, 1.807) is 48.0 Å². The minimum atomic E-state index is -1.32. The molecule has 0 aromatic carbocycles. The largest absolute Gasteiger partial charge is 0.450 e. The SMILES string of the molecule is CCOC(=O)N(C)C1(NC(=O)OC(C)(C)C)NC=C(Br)C=C1CNC. The van der Waals surface area contributed by atoms with Crippen LogP contribution < -0.4 is 16.0 Å². The van der Waals surface area contributed by atoms with Crippen molar-refractivity contribution < 1.29 is 19.1 Å². The van der Waals surface area contributed by atoms with Crippen molar-refractivity contribution in [3.63, 3.8) is 0 Å². The molecule has 142 valence electrons.